The SMILES string of the molecule is COc1ccc(C(=O)N/C(=C\c2cc(OC)c(OC)cc2[N+](=O)[O-])C(=O)NCC(=O)O)cc1. The van der Waals surface area contributed by atoms with Crippen LogP contribution in [0.25, 0.3) is 6.08 Å². The van der Waals surface area contributed by atoms with Gasteiger partial charge in [-0.3, -0.25) is 24.5 Å². The Morgan fingerprint density at radius 3 is 2.15 bits per heavy atom. The maximum atomic E-state index is 12.7. The number of hydrogen-bond acceptors (Lipinski definition) is 8. The highest BCUT2D eigenvalue weighted by Crippen LogP contribution is 2.35. The molecule has 0 atom stereocenters. The van der Waals surface area contributed by atoms with Crippen LogP contribution in [0.3, 0.4) is 0 Å². The van der Waals surface area contributed by atoms with Crippen LogP contribution in [0.4, 0.5) is 5.69 Å². The summed E-state index contributed by atoms with van der Waals surface area (Å²) in [7, 11) is 4.08. The minimum Gasteiger partial charge on any atom is -0.497 e. The molecule has 2 rings (SSSR count). The molecular weight excluding hydrogens is 438 g/mol. The first kappa shape index (κ1) is 24.7. The van der Waals surface area contributed by atoms with Crippen LogP contribution >= 0.6 is 0 Å². The standard InChI is InChI=1S/C21H21N3O9/c1-31-14-6-4-12(5-7-14)20(27)23-15(21(28)22-11-19(25)26)8-13-9-17(32-2)18(33-3)10-16(13)24(29)30/h4-10H,11H2,1-3H3,(H,22,28)(H,23,27)(H,25,26)/b15-8-. The average Bonchev–Trinajstić information content (AvgIpc) is 2.81. The number of hydrogen-bond donors (Lipinski definition) is 3. The van der Waals surface area contributed by atoms with Gasteiger partial charge < -0.3 is 30.0 Å². The van der Waals surface area contributed by atoms with Crippen molar-refractivity contribution in [1.29, 1.82) is 0 Å². The van der Waals surface area contributed by atoms with Gasteiger partial charge in [0, 0.05) is 5.56 Å². The van der Waals surface area contributed by atoms with Gasteiger partial charge in [0.05, 0.1) is 37.9 Å². The van der Waals surface area contributed by atoms with E-state index in [1.807, 2.05) is 0 Å². The van der Waals surface area contributed by atoms with E-state index in [0.29, 0.717) is 5.75 Å². The summed E-state index contributed by atoms with van der Waals surface area (Å²) in [6.45, 7) is -0.734. The van der Waals surface area contributed by atoms with Crippen molar-refractivity contribution in [3.05, 3.63) is 63.3 Å². The van der Waals surface area contributed by atoms with Gasteiger partial charge in [-0.25, -0.2) is 0 Å². The quantitative estimate of drug-likeness (QED) is 0.272. The van der Waals surface area contributed by atoms with Crippen molar-refractivity contribution in [3.63, 3.8) is 0 Å². The number of aliphatic carboxylic acids is 1. The molecule has 33 heavy (non-hydrogen) atoms. The molecule has 12 nitrogen and oxygen atoms in total. The van der Waals surface area contributed by atoms with Gasteiger partial charge in [0.25, 0.3) is 17.5 Å². The molecule has 0 unspecified atom stereocenters. The number of carbonyl (C=O) groups is 3. The largest absolute Gasteiger partial charge is 0.497 e. The third-order valence-electron chi connectivity index (χ3n) is 4.27. The van der Waals surface area contributed by atoms with E-state index >= 15 is 0 Å². The van der Waals surface area contributed by atoms with Gasteiger partial charge in [-0.2, -0.15) is 0 Å². The number of carboxylic acids is 1. The van der Waals surface area contributed by atoms with Crippen molar-refractivity contribution >= 4 is 29.5 Å². The molecule has 3 N–H and O–H groups in total. The normalized spacial score (nSPS) is 10.7. The maximum absolute atomic E-state index is 12.7. The highest BCUT2D eigenvalue weighted by molar-refractivity contribution is 6.06. The Balaban J connectivity index is 2.52. The number of rotatable bonds is 10. The number of amides is 2. The first-order valence-electron chi connectivity index (χ1n) is 9.27. The van der Waals surface area contributed by atoms with Crippen LogP contribution in [-0.2, 0) is 9.59 Å². The van der Waals surface area contributed by atoms with Gasteiger partial charge in [0.2, 0.25) is 0 Å². The molecule has 0 fully saturated rings. The van der Waals surface area contributed by atoms with E-state index in [2.05, 4.69) is 10.6 Å². The average molecular weight is 459 g/mol. The molecule has 0 aliphatic rings. The predicted octanol–water partition coefficient (Wildman–Crippen LogP) is 1.59. The zero-order valence-corrected chi connectivity index (χ0v) is 17.9. The van der Waals surface area contributed by atoms with Crippen LogP contribution in [0.1, 0.15) is 15.9 Å². The van der Waals surface area contributed by atoms with E-state index < -0.39 is 40.6 Å². The number of carboxylic acid groups (broad SMARTS) is 1. The molecule has 0 aliphatic carbocycles. The molecule has 0 aromatic heterocycles. The van der Waals surface area contributed by atoms with Gasteiger partial charge in [-0.05, 0) is 36.4 Å². The zero-order chi connectivity index (χ0) is 24.5. The number of nitrogens with one attached hydrogen (secondary N) is 2. The molecule has 0 saturated carbocycles. The lowest BCUT2D eigenvalue weighted by atomic mass is 10.1. The van der Waals surface area contributed by atoms with Crippen molar-refractivity contribution < 1.29 is 38.6 Å². The fraction of sp³-hybridized carbons (Fsp3) is 0.190. The summed E-state index contributed by atoms with van der Waals surface area (Å²) in [5.74, 6) is -2.27. The van der Waals surface area contributed by atoms with Crippen LogP contribution in [0.2, 0.25) is 0 Å². The lowest BCUT2D eigenvalue weighted by Gasteiger charge is -2.12. The molecule has 12 heteroatoms. The van der Waals surface area contributed by atoms with Crippen molar-refractivity contribution in [2.24, 2.45) is 0 Å². The Bertz CT molecular complexity index is 1090. The van der Waals surface area contributed by atoms with Crippen molar-refractivity contribution in [2.45, 2.75) is 0 Å². The molecule has 0 heterocycles. The minimum absolute atomic E-state index is 0.0838. The third kappa shape index (κ3) is 6.43. The summed E-state index contributed by atoms with van der Waals surface area (Å²) in [5.41, 5.74) is -0.787. The molecule has 0 bridgehead atoms. The molecule has 0 radical (unpaired) electrons. The summed E-state index contributed by atoms with van der Waals surface area (Å²) in [5, 5.41) is 24.9. The van der Waals surface area contributed by atoms with Crippen LogP contribution in [0.15, 0.2) is 42.1 Å². The minimum atomic E-state index is -1.32. The monoisotopic (exact) mass is 459 g/mol. The number of methoxy groups -OCH3 is 3. The van der Waals surface area contributed by atoms with E-state index in [4.69, 9.17) is 19.3 Å². The van der Waals surface area contributed by atoms with Crippen LogP contribution < -0.4 is 24.8 Å². The summed E-state index contributed by atoms with van der Waals surface area (Å²) >= 11 is 0. The van der Waals surface area contributed by atoms with E-state index in [-0.39, 0.29) is 22.6 Å². The molecule has 2 aromatic rings. The van der Waals surface area contributed by atoms with E-state index in [0.717, 1.165) is 12.1 Å². The molecule has 0 spiro atoms. The molecule has 174 valence electrons. The number of nitro groups is 1. The number of nitrogens with zero attached hydrogens (tertiary/aromatic N) is 1. The summed E-state index contributed by atoms with van der Waals surface area (Å²) in [6, 6.07) is 8.30. The van der Waals surface area contributed by atoms with E-state index in [9.17, 15) is 24.5 Å². The van der Waals surface area contributed by atoms with Gasteiger partial charge in [0.15, 0.2) is 11.5 Å². The fourth-order valence-electron chi connectivity index (χ4n) is 2.66. The maximum Gasteiger partial charge on any atom is 0.322 e. The summed E-state index contributed by atoms with van der Waals surface area (Å²) in [6.07, 6.45) is 1.04. The van der Waals surface area contributed by atoms with E-state index in [1.54, 1.807) is 0 Å². The van der Waals surface area contributed by atoms with Crippen LogP contribution in [0, 0.1) is 10.1 Å². The van der Waals surface area contributed by atoms with Gasteiger partial charge >= 0.3 is 5.97 Å². The zero-order valence-electron chi connectivity index (χ0n) is 17.9. The number of carbonyl (C=O) groups excluding carboxylic acids is 2. The highest BCUT2D eigenvalue weighted by atomic mass is 16.6. The molecule has 2 aromatic carbocycles. The van der Waals surface area contributed by atoms with Gasteiger partial charge in [-0.1, -0.05) is 0 Å². The first-order chi connectivity index (χ1) is 15.7. The topological polar surface area (TPSA) is 166 Å². The highest BCUT2D eigenvalue weighted by Gasteiger charge is 2.22. The second-order valence-electron chi connectivity index (χ2n) is 6.34. The molecule has 2 amide bonds. The Morgan fingerprint density at radius 1 is 1.03 bits per heavy atom. The molecular formula is C21H21N3O9. The third-order valence-corrected chi connectivity index (χ3v) is 4.27. The smallest absolute Gasteiger partial charge is 0.322 e. The summed E-state index contributed by atoms with van der Waals surface area (Å²) in [4.78, 5) is 46.9. The van der Waals surface area contributed by atoms with Gasteiger partial charge in [-0.15, -0.1) is 0 Å². The van der Waals surface area contributed by atoms with Crippen LogP contribution in [-0.4, -0.2) is 55.7 Å². The Kier molecular flexibility index (Phi) is 8.32. The van der Waals surface area contributed by atoms with E-state index in [1.165, 1.54) is 51.7 Å². The van der Waals surface area contributed by atoms with Gasteiger partial charge in [0.1, 0.15) is 18.0 Å². The van der Waals surface area contributed by atoms with Crippen molar-refractivity contribution in [3.8, 4) is 17.2 Å². The summed E-state index contributed by atoms with van der Waals surface area (Å²) < 4.78 is 15.2. The second-order valence-corrected chi connectivity index (χ2v) is 6.34. The first-order valence-corrected chi connectivity index (χ1v) is 9.27. The Labute approximate surface area is 187 Å². The van der Waals surface area contributed by atoms with Crippen molar-refractivity contribution in [2.75, 3.05) is 27.9 Å². The molecule has 0 aliphatic heterocycles. The lowest BCUT2D eigenvalue weighted by Crippen LogP contribution is -2.37. The number of nitro benzene ring substituents is 1. The fourth-order valence-corrected chi connectivity index (χ4v) is 2.66. The number of ether oxygens (including phenoxy) is 3. The Hall–Kier alpha value is -4.61. The second kappa shape index (κ2) is 11.1. The van der Waals surface area contributed by atoms with Crippen LogP contribution in [0.5, 0.6) is 17.2 Å². The predicted molar refractivity (Wildman–Crippen MR) is 115 cm³/mol. The van der Waals surface area contributed by atoms with Crippen molar-refractivity contribution in [1.82, 2.24) is 10.6 Å². The number of benzene rings is 2. The molecule has 0 saturated heterocycles. The lowest BCUT2D eigenvalue weighted by molar-refractivity contribution is -0.385. The Morgan fingerprint density at radius 2 is 1.64 bits per heavy atom.